The van der Waals surface area contributed by atoms with E-state index in [2.05, 4.69) is 27.9 Å². The van der Waals surface area contributed by atoms with E-state index in [1.165, 1.54) is 12.8 Å². The van der Waals surface area contributed by atoms with E-state index in [1.807, 2.05) is 0 Å². The molecule has 1 aliphatic rings. The summed E-state index contributed by atoms with van der Waals surface area (Å²) in [6.07, 6.45) is 2.54. The van der Waals surface area contributed by atoms with Crippen LogP contribution >= 0.6 is 15.9 Å². The highest BCUT2D eigenvalue weighted by Crippen LogP contribution is 2.30. The van der Waals surface area contributed by atoms with Crippen LogP contribution in [0.3, 0.4) is 0 Å². The van der Waals surface area contributed by atoms with Gasteiger partial charge in [-0.1, -0.05) is 0 Å². The van der Waals surface area contributed by atoms with Crippen LogP contribution in [0.1, 0.15) is 23.2 Å². The first-order valence-corrected chi connectivity index (χ1v) is 7.00. The summed E-state index contributed by atoms with van der Waals surface area (Å²) in [5.41, 5.74) is 11.6. The predicted molar refractivity (Wildman–Crippen MR) is 78.2 cm³/mol. The summed E-state index contributed by atoms with van der Waals surface area (Å²) in [6, 6.07) is 3.93. The third kappa shape index (κ3) is 3.61. The molecular formula is C13H18BrN3O2. The van der Waals surface area contributed by atoms with Gasteiger partial charge in [-0.3, -0.25) is 4.79 Å². The summed E-state index contributed by atoms with van der Waals surface area (Å²) in [6.45, 7) is 1.42. The van der Waals surface area contributed by atoms with Crippen LogP contribution in [0.4, 0.5) is 5.69 Å². The lowest BCUT2D eigenvalue weighted by Gasteiger charge is -2.17. The number of hydrogen-bond donors (Lipinski definition) is 2. The first-order chi connectivity index (χ1) is 8.99. The standard InChI is InChI=1S/C13H18BrN3O2/c1-17(8-2-3-8)4-5-19-12-6-9(13(16)18)11(15)7-10(12)14/h6-8H,2-5,15H2,1H3,(H2,16,18). The third-order valence-electron chi connectivity index (χ3n) is 3.24. The molecular weight excluding hydrogens is 310 g/mol. The van der Waals surface area contributed by atoms with Crippen molar-refractivity contribution < 1.29 is 9.53 Å². The summed E-state index contributed by atoms with van der Waals surface area (Å²) in [5.74, 6) is 0.0390. The zero-order valence-electron chi connectivity index (χ0n) is 10.9. The normalized spacial score (nSPS) is 14.7. The highest BCUT2D eigenvalue weighted by molar-refractivity contribution is 9.10. The predicted octanol–water partition coefficient (Wildman–Crippen LogP) is 1.60. The van der Waals surface area contributed by atoms with Gasteiger partial charge in [0, 0.05) is 18.3 Å². The Labute approximate surface area is 121 Å². The molecule has 1 saturated carbocycles. The second-order valence-corrected chi connectivity index (χ2v) is 5.65. The Bertz CT molecular complexity index is 489. The summed E-state index contributed by atoms with van der Waals surface area (Å²) < 4.78 is 6.41. The molecule has 5 nitrogen and oxygen atoms in total. The number of amides is 1. The molecule has 0 bridgehead atoms. The molecule has 0 spiro atoms. The van der Waals surface area contributed by atoms with E-state index in [0.29, 0.717) is 24.1 Å². The van der Waals surface area contributed by atoms with Gasteiger partial charge in [0.05, 0.1) is 10.0 Å². The van der Waals surface area contributed by atoms with Crippen LogP contribution in [0, 0.1) is 0 Å². The van der Waals surface area contributed by atoms with E-state index in [1.54, 1.807) is 12.1 Å². The molecule has 2 rings (SSSR count). The Hall–Kier alpha value is -1.27. The summed E-state index contributed by atoms with van der Waals surface area (Å²) >= 11 is 3.37. The van der Waals surface area contributed by atoms with Crippen LogP contribution in [0.5, 0.6) is 5.75 Å². The van der Waals surface area contributed by atoms with Crippen molar-refractivity contribution in [3.05, 3.63) is 22.2 Å². The molecule has 4 N–H and O–H groups in total. The van der Waals surface area contributed by atoms with Crippen LogP contribution < -0.4 is 16.2 Å². The lowest BCUT2D eigenvalue weighted by molar-refractivity contribution is 0.100. The van der Waals surface area contributed by atoms with E-state index in [0.717, 1.165) is 11.0 Å². The first kappa shape index (κ1) is 14.1. The van der Waals surface area contributed by atoms with Gasteiger partial charge in [0.1, 0.15) is 12.4 Å². The molecule has 1 amide bonds. The molecule has 0 aromatic heterocycles. The minimum Gasteiger partial charge on any atom is -0.491 e. The molecule has 0 atom stereocenters. The Morgan fingerprint density at radius 1 is 1.53 bits per heavy atom. The number of halogens is 1. The van der Waals surface area contributed by atoms with Gasteiger partial charge < -0.3 is 21.1 Å². The second kappa shape index (κ2) is 5.79. The maximum atomic E-state index is 11.2. The minimum absolute atomic E-state index is 0.286. The number of carbonyl (C=O) groups excluding carboxylic acids is 1. The van der Waals surface area contributed by atoms with Crippen molar-refractivity contribution in [2.24, 2.45) is 5.73 Å². The number of carbonyl (C=O) groups is 1. The van der Waals surface area contributed by atoms with Gasteiger partial charge in [0.2, 0.25) is 0 Å². The number of rotatable bonds is 6. The minimum atomic E-state index is -0.551. The lowest BCUT2D eigenvalue weighted by Crippen LogP contribution is -2.26. The molecule has 0 radical (unpaired) electrons. The summed E-state index contributed by atoms with van der Waals surface area (Å²) in [5, 5.41) is 0. The van der Waals surface area contributed by atoms with E-state index in [-0.39, 0.29) is 5.56 Å². The molecule has 104 valence electrons. The van der Waals surface area contributed by atoms with Gasteiger partial charge in [-0.15, -0.1) is 0 Å². The van der Waals surface area contributed by atoms with Crippen molar-refractivity contribution in [1.82, 2.24) is 4.90 Å². The second-order valence-electron chi connectivity index (χ2n) is 4.79. The van der Waals surface area contributed by atoms with Gasteiger partial charge in [0.25, 0.3) is 5.91 Å². The third-order valence-corrected chi connectivity index (χ3v) is 3.86. The SMILES string of the molecule is CN(CCOc1cc(C(N)=O)c(N)cc1Br)C1CC1. The zero-order valence-corrected chi connectivity index (χ0v) is 12.4. The molecule has 0 heterocycles. The van der Waals surface area contributed by atoms with E-state index in [9.17, 15) is 4.79 Å². The quantitative estimate of drug-likeness (QED) is 0.777. The number of benzene rings is 1. The molecule has 0 unspecified atom stereocenters. The average molecular weight is 328 g/mol. The Morgan fingerprint density at radius 3 is 2.79 bits per heavy atom. The maximum absolute atomic E-state index is 11.2. The van der Waals surface area contributed by atoms with Crippen LogP contribution in [-0.4, -0.2) is 37.0 Å². The van der Waals surface area contributed by atoms with Gasteiger partial charge in [-0.25, -0.2) is 0 Å². The molecule has 1 aromatic carbocycles. The van der Waals surface area contributed by atoms with Gasteiger partial charge in [-0.2, -0.15) is 0 Å². The Balaban J connectivity index is 1.98. The Kier molecular flexibility index (Phi) is 4.31. The van der Waals surface area contributed by atoms with Crippen molar-refractivity contribution in [3.63, 3.8) is 0 Å². The van der Waals surface area contributed by atoms with E-state index in [4.69, 9.17) is 16.2 Å². The fourth-order valence-electron chi connectivity index (χ4n) is 1.89. The van der Waals surface area contributed by atoms with E-state index < -0.39 is 5.91 Å². The van der Waals surface area contributed by atoms with Crippen LogP contribution in [-0.2, 0) is 0 Å². The number of hydrogen-bond acceptors (Lipinski definition) is 4. The number of likely N-dealkylation sites (N-methyl/N-ethyl adjacent to an activating group) is 1. The largest absolute Gasteiger partial charge is 0.491 e. The first-order valence-electron chi connectivity index (χ1n) is 6.21. The maximum Gasteiger partial charge on any atom is 0.250 e. The van der Waals surface area contributed by atoms with Crippen LogP contribution in [0.2, 0.25) is 0 Å². The zero-order chi connectivity index (χ0) is 14.0. The smallest absolute Gasteiger partial charge is 0.250 e. The summed E-state index contributed by atoms with van der Waals surface area (Å²) in [7, 11) is 2.09. The number of nitrogens with zero attached hydrogens (tertiary/aromatic N) is 1. The van der Waals surface area contributed by atoms with Crippen molar-refractivity contribution in [2.75, 3.05) is 25.9 Å². The summed E-state index contributed by atoms with van der Waals surface area (Å²) in [4.78, 5) is 13.5. The number of primary amides is 1. The number of anilines is 1. The molecule has 1 aromatic rings. The van der Waals surface area contributed by atoms with Gasteiger partial charge in [-0.05, 0) is 48.0 Å². The molecule has 1 aliphatic carbocycles. The Morgan fingerprint density at radius 2 is 2.21 bits per heavy atom. The van der Waals surface area contributed by atoms with Gasteiger partial charge >= 0.3 is 0 Å². The lowest BCUT2D eigenvalue weighted by atomic mass is 10.1. The van der Waals surface area contributed by atoms with Crippen molar-refractivity contribution in [2.45, 2.75) is 18.9 Å². The van der Waals surface area contributed by atoms with Crippen molar-refractivity contribution >= 4 is 27.5 Å². The molecule has 6 heteroatoms. The fourth-order valence-corrected chi connectivity index (χ4v) is 2.37. The molecule has 0 aliphatic heterocycles. The van der Waals surface area contributed by atoms with Crippen molar-refractivity contribution in [1.29, 1.82) is 0 Å². The fraction of sp³-hybridized carbons (Fsp3) is 0.462. The molecule has 19 heavy (non-hydrogen) atoms. The number of nitrogens with two attached hydrogens (primary N) is 2. The van der Waals surface area contributed by atoms with E-state index >= 15 is 0 Å². The number of nitrogen functional groups attached to an aromatic ring is 1. The van der Waals surface area contributed by atoms with Crippen molar-refractivity contribution in [3.8, 4) is 5.75 Å². The van der Waals surface area contributed by atoms with Crippen LogP contribution in [0.15, 0.2) is 16.6 Å². The molecule has 1 fully saturated rings. The number of ether oxygens (including phenoxy) is 1. The molecule has 0 saturated heterocycles. The van der Waals surface area contributed by atoms with Crippen LogP contribution in [0.25, 0.3) is 0 Å². The average Bonchev–Trinajstić information content (AvgIpc) is 3.15. The van der Waals surface area contributed by atoms with Gasteiger partial charge in [0.15, 0.2) is 0 Å². The highest BCUT2D eigenvalue weighted by atomic mass is 79.9. The monoisotopic (exact) mass is 327 g/mol. The highest BCUT2D eigenvalue weighted by Gasteiger charge is 2.25. The topological polar surface area (TPSA) is 81.6 Å².